The lowest BCUT2D eigenvalue weighted by atomic mass is 10.1. The van der Waals surface area contributed by atoms with Crippen molar-refractivity contribution in [1.29, 1.82) is 0 Å². The second kappa shape index (κ2) is 12.2. The number of carbonyl (C=O) groups excluding carboxylic acids is 1. The lowest BCUT2D eigenvalue weighted by molar-refractivity contribution is 0.0597. The minimum absolute atomic E-state index is 0. The highest BCUT2D eigenvalue weighted by Gasteiger charge is 2.13. The topological polar surface area (TPSA) is 72.0 Å². The fourth-order valence-electron chi connectivity index (χ4n) is 2.47. The molecule has 0 fully saturated rings. The molecule has 152 valence electrons. The van der Waals surface area contributed by atoms with Crippen LogP contribution in [0.15, 0.2) is 47.5 Å². The maximum atomic E-state index is 13.3. The van der Waals surface area contributed by atoms with Crippen LogP contribution in [-0.4, -0.2) is 32.7 Å². The standard InChI is InChI=1S/C20H24FN3O3.HI/c1-4-22-20(23-12-14-6-5-7-16(21)10-14)24-13-15-8-9-18(26-2)17(11-15)19(25)27-3;/h5-11H,4,12-13H2,1-3H3,(H2,22,23,24);1H. The molecule has 0 aliphatic heterocycles. The first kappa shape index (κ1) is 23.7. The Labute approximate surface area is 181 Å². The molecule has 28 heavy (non-hydrogen) atoms. The number of methoxy groups -OCH3 is 2. The highest BCUT2D eigenvalue weighted by molar-refractivity contribution is 14.0. The monoisotopic (exact) mass is 501 g/mol. The first-order valence-corrected chi connectivity index (χ1v) is 8.59. The summed E-state index contributed by atoms with van der Waals surface area (Å²) in [5, 5.41) is 6.33. The Morgan fingerprint density at radius 2 is 1.89 bits per heavy atom. The van der Waals surface area contributed by atoms with Gasteiger partial charge in [-0.3, -0.25) is 0 Å². The average Bonchev–Trinajstić information content (AvgIpc) is 2.69. The lowest BCUT2D eigenvalue weighted by Crippen LogP contribution is -2.36. The molecule has 6 nitrogen and oxygen atoms in total. The second-order valence-corrected chi connectivity index (χ2v) is 5.70. The third-order valence-corrected chi connectivity index (χ3v) is 3.78. The number of carbonyl (C=O) groups is 1. The quantitative estimate of drug-likeness (QED) is 0.263. The SMILES string of the molecule is CCNC(=NCc1cccc(F)c1)NCc1ccc(OC)c(C(=O)OC)c1.I. The third kappa shape index (κ3) is 6.99. The number of aliphatic imine (C=N–C) groups is 1. The van der Waals surface area contributed by atoms with Crippen LogP contribution in [0.4, 0.5) is 4.39 Å². The maximum absolute atomic E-state index is 13.3. The smallest absolute Gasteiger partial charge is 0.341 e. The second-order valence-electron chi connectivity index (χ2n) is 5.70. The zero-order valence-electron chi connectivity index (χ0n) is 16.1. The van der Waals surface area contributed by atoms with Gasteiger partial charge in [-0.05, 0) is 42.3 Å². The molecule has 0 aliphatic carbocycles. The minimum atomic E-state index is -0.458. The van der Waals surface area contributed by atoms with E-state index in [1.54, 1.807) is 18.2 Å². The molecule has 0 atom stereocenters. The van der Waals surface area contributed by atoms with Crippen LogP contribution in [0.5, 0.6) is 5.75 Å². The van der Waals surface area contributed by atoms with Gasteiger partial charge in [-0.1, -0.05) is 18.2 Å². The van der Waals surface area contributed by atoms with Gasteiger partial charge in [-0.2, -0.15) is 0 Å². The third-order valence-electron chi connectivity index (χ3n) is 3.78. The molecule has 0 saturated carbocycles. The Morgan fingerprint density at radius 3 is 2.54 bits per heavy atom. The van der Waals surface area contributed by atoms with Gasteiger partial charge in [0, 0.05) is 13.1 Å². The molecule has 2 rings (SSSR count). The summed E-state index contributed by atoms with van der Waals surface area (Å²) in [5.74, 6) is 0.309. The molecule has 2 aromatic carbocycles. The molecular formula is C20H25FIN3O3. The van der Waals surface area contributed by atoms with Crippen LogP contribution in [0.1, 0.15) is 28.4 Å². The van der Waals surface area contributed by atoms with Crippen molar-refractivity contribution in [2.24, 2.45) is 4.99 Å². The number of nitrogens with one attached hydrogen (secondary N) is 2. The summed E-state index contributed by atoms with van der Waals surface area (Å²) in [4.78, 5) is 16.3. The van der Waals surface area contributed by atoms with E-state index in [1.165, 1.54) is 26.4 Å². The molecule has 0 saturated heterocycles. The fraction of sp³-hybridized carbons (Fsp3) is 0.300. The van der Waals surface area contributed by atoms with Crippen molar-refractivity contribution < 1.29 is 18.7 Å². The van der Waals surface area contributed by atoms with Crippen molar-refractivity contribution in [3.05, 3.63) is 65.0 Å². The molecule has 2 aromatic rings. The summed E-state index contributed by atoms with van der Waals surface area (Å²) in [6.45, 7) is 3.44. The van der Waals surface area contributed by atoms with E-state index in [0.717, 1.165) is 11.1 Å². The number of benzene rings is 2. The summed E-state index contributed by atoms with van der Waals surface area (Å²) in [7, 11) is 2.83. The van der Waals surface area contributed by atoms with Crippen LogP contribution in [0, 0.1) is 5.82 Å². The van der Waals surface area contributed by atoms with Crippen molar-refractivity contribution in [1.82, 2.24) is 10.6 Å². The molecule has 0 heterocycles. The van der Waals surface area contributed by atoms with Gasteiger partial charge in [0.15, 0.2) is 5.96 Å². The molecule has 0 amide bonds. The number of nitrogens with zero attached hydrogens (tertiary/aromatic N) is 1. The van der Waals surface area contributed by atoms with E-state index in [9.17, 15) is 9.18 Å². The van der Waals surface area contributed by atoms with Crippen molar-refractivity contribution in [2.45, 2.75) is 20.0 Å². The predicted molar refractivity (Wildman–Crippen MR) is 118 cm³/mol. The van der Waals surface area contributed by atoms with Crippen molar-refractivity contribution in [3.8, 4) is 5.75 Å². The van der Waals surface area contributed by atoms with Gasteiger partial charge in [0.2, 0.25) is 0 Å². The van der Waals surface area contributed by atoms with Crippen LogP contribution < -0.4 is 15.4 Å². The van der Waals surface area contributed by atoms with Crippen LogP contribution in [0.2, 0.25) is 0 Å². The fourth-order valence-corrected chi connectivity index (χ4v) is 2.47. The summed E-state index contributed by atoms with van der Waals surface area (Å²) in [6, 6.07) is 11.6. The molecule has 0 spiro atoms. The van der Waals surface area contributed by atoms with E-state index in [1.807, 2.05) is 19.1 Å². The summed E-state index contributed by atoms with van der Waals surface area (Å²) >= 11 is 0. The summed E-state index contributed by atoms with van der Waals surface area (Å²) < 4.78 is 23.3. The Hall–Kier alpha value is -2.36. The largest absolute Gasteiger partial charge is 0.496 e. The Morgan fingerprint density at radius 1 is 1.11 bits per heavy atom. The number of esters is 1. The Bertz CT molecular complexity index is 815. The van der Waals surface area contributed by atoms with Crippen molar-refractivity contribution >= 4 is 35.9 Å². The van der Waals surface area contributed by atoms with Gasteiger partial charge in [-0.25, -0.2) is 14.2 Å². The predicted octanol–water partition coefficient (Wildman–Crippen LogP) is 3.49. The van der Waals surface area contributed by atoms with Gasteiger partial charge in [-0.15, -0.1) is 24.0 Å². The van der Waals surface area contributed by atoms with E-state index in [-0.39, 0.29) is 29.8 Å². The van der Waals surface area contributed by atoms with Crippen LogP contribution in [0.25, 0.3) is 0 Å². The summed E-state index contributed by atoms with van der Waals surface area (Å²) in [6.07, 6.45) is 0. The van der Waals surface area contributed by atoms with Crippen molar-refractivity contribution in [3.63, 3.8) is 0 Å². The van der Waals surface area contributed by atoms with Gasteiger partial charge in [0.25, 0.3) is 0 Å². The summed E-state index contributed by atoms with van der Waals surface area (Å²) in [5.41, 5.74) is 2.01. The van der Waals surface area contributed by atoms with E-state index in [0.29, 0.717) is 36.9 Å². The maximum Gasteiger partial charge on any atom is 0.341 e. The van der Waals surface area contributed by atoms with Crippen LogP contribution in [0.3, 0.4) is 0 Å². The first-order chi connectivity index (χ1) is 13.1. The number of ether oxygens (including phenoxy) is 2. The zero-order chi connectivity index (χ0) is 19.6. The molecule has 0 bridgehead atoms. The zero-order valence-corrected chi connectivity index (χ0v) is 18.5. The molecule has 8 heteroatoms. The number of guanidine groups is 1. The molecule has 0 radical (unpaired) electrons. The van der Waals surface area contributed by atoms with E-state index in [4.69, 9.17) is 9.47 Å². The van der Waals surface area contributed by atoms with E-state index in [2.05, 4.69) is 15.6 Å². The number of rotatable bonds is 7. The van der Waals surface area contributed by atoms with Crippen LogP contribution >= 0.6 is 24.0 Å². The van der Waals surface area contributed by atoms with E-state index >= 15 is 0 Å². The highest BCUT2D eigenvalue weighted by Crippen LogP contribution is 2.20. The first-order valence-electron chi connectivity index (χ1n) is 8.59. The van der Waals surface area contributed by atoms with E-state index < -0.39 is 5.97 Å². The number of halogens is 2. The lowest BCUT2D eigenvalue weighted by Gasteiger charge is -2.13. The Balaban J connectivity index is 0.00000392. The molecule has 0 unspecified atom stereocenters. The average molecular weight is 501 g/mol. The van der Waals surface area contributed by atoms with Crippen molar-refractivity contribution in [2.75, 3.05) is 20.8 Å². The number of hydrogen-bond donors (Lipinski definition) is 2. The Kier molecular flexibility index (Phi) is 10.3. The van der Waals surface area contributed by atoms with Gasteiger partial charge < -0.3 is 20.1 Å². The molecular weight excluding hydrogens is 476 g/mol. The number of hydrogen-bond acceptors (Lipinski definition) is 4. The normalized spacial score (nSPS) is 10.6. The van der Waals surface area contributed by atoms with Gasteiger partial charge >= 0.3 is 5.97 Å². The van der Waals surface area contributed by atoms with Gasteiger partial charge in [0.05, 0.1) is 20.8 Å². The van der Waals surface area contributed by atoms with Gasteiger partial charge in [0.1, 0.15) is 17.1 Å². The molecule has 2 N–H and O–H groups in total. The minimum Gasteiger partial charge on any atom is -0.496 e. The van der Waals surface area contributed by atoms with Crippen LogP contribution in [-0.2, 0) is 17.8 Å². The highest BCUT2D eigenvalue weighted by atomic mass is 127. The molecule has 0 aromatic heterocycles. The molecule has 0 aliphatic rings.